The van der Waals surface area contributed by atoms with E-state index in [9.17, 15) is 9.59 Å². The van der Waals surface area contributed by atoms with Gasteiger partial charge in [0, 0.05) is 35.0 Å². The smallest absolute Gasteiger partial charge is 0.250 e. The lowest BCUT2D eigenvalue weighted by atomic mass is 10.1. The molecule has 1 unspecified atom stereocenters. The zero-order valence-corrected chi connectivity index (χ0v) is 17.5. The minimum atomic E-state index is -0.401. The fourth-order valence-electron chi connectivity index (χ4n) is 3.24. The number of rotatable bonds is 4. The molecule has 0 spiro atoms. The topological polar surface area (TPSA) is 79.6 Å². The summed E-state index contributed by atoms with van der Waals surface area (Å²) < 4.78 is 1.63. The van der Waals surface area contributed by atoms with Crippen molar-refractivity contribution in [2.75, 3.05) is 11.9 Å². The maximum Gasteiger partial charge on any atom is 0.250 e. The van der Waals surface area contributed by atoms with E-state index in [1.807, 2.05) is 25.3 Å². The molecule has 28 heavy (non-hydrogen) atoms. The van der Waals surface area contributed by atoms with E-state index in [4.69, 9.17) is 23.2 Å². The number of carbonyl (C=O) groups excluding carboxylic acids is 2. The van der Waals surface area contributed by atoms with Crippen molar-refractivity contribution in [3.05, 3.63) is 33.6 Å². The molecule has 10 heteroatoms. The third kappa shape index (κ3) is 3.47. The zero-order valence-electron chi connectivity index (χ0n) is 15.1. The maximum atomic E-state index is 12.6. The predicted molar refractivity (Wildman–Crippen MR) is 110 cm³/mol. The number of carbonyl (C=O) groups is 2. The van der Waals surface area contributed by atoms with Gasteiger partial charge in [-0.25, -0.2) is 4.52 Å². The van der Waals surface area contributed by atoms with Crippen molar-refractivity contribution in [3.63, 3.8) is 0 Å². The summed E-state index contributed by atoms with van der Waals surface area (Å²) in [5, 5.41) is 10.1. The third-order valence-electron chi connectivity index (χ3n) is 4.68. The van der Waals surface area contributed by atoms with E-state index in [1.54, 1.807) is 21.5 Å². The van der Waals surface area contributed by atoms with Gasteiger partial charge in [0.1, 0.15) is 0 Å². The highest BCUT2D eigenvalue weighted by atomic mass is 35.5. The fourth-order valence-corrected chi connectivity index (χ4v) is 4.56. The van der Waals surface area contributed by atoms with Crippen LogP contribution in [0.4, 0.5) is 5.95 Å². The minimum absolute atomic E-state index is 0.00593. The Labute approximate surface area is 175 Å². The summed E-state index contributed by atoms with van der Waals surface area (Å²) in [5.41, 5.74) is 1.53. The second-order valence-corrected chi connectivity index (χ2v) is 8.59. The monoisotopic (exact) mass is 437 g/mol. The molecule has 0 saturated carbocycles. The van der Waals surface area contributed by atoms with Crippen molar-refractivity contribution in [1.82, 2.24) is 19.5 Å². The average molecular weight is 438 g/mol. The van der Waals surface area contributed by atoms with Crippen LogP contribution < -0.4 is 5.32 Å². The van der Waals surface area contributed by atoms with Gasteiger partial charge in [-0.05, 0) is 32.0 Å². The van der Waals surface area contributed by atoms with Crippen molar-refractivity contribution in [2.45, 2.75) is 26.3 Å². The molecule has 1 atom stereocenters. The first-order valence-corrected chi connectivity index (χ1v) is 10.4. The number of hydrogen-bond donors (Lipinski definition) is 1. The van der Waals surface area contributed by atoms with Gasteiger partial charge in [-0.2, -0.15) is 4.98 Å². The molecule has 1 aliphatic heterocycles. The molecule has 4 rings (SSSR count). The molecular formula is C18H17Cl2N5O2S. The van der Waals surface area contributed by atoms with Crippen LogP contribution in [0, 0.1) is 5.92 Å². The van der Waals surface area contributed by atoms with E-state index in [-0.39, 0.29) is 30.2 Å². The summed E-state index contributed by atoms with van der Waals surface area (Å²) in [6.07, 6.45) is 0.206. The summed E-state index contributed by atoms with van der Waals surface area (Å²) in [7, 11) is 0. The largest absolute Gasteiger partial charge is 0.339 e. The van der Waals surface area contributed by atoms with Crippen LogP contribution in [0.25, 0.3) is 16.2 Å². The van der Waals surface area contributed by atoms with Crippen LogP contribution >= 0.6 is 34.5 Å². The number of nitrogens with one attached hydrogen (secondary N) is 1. The second-order valence-electron chi connectivity index (χ2n) is 6.91. The van der Waals surface area contributed by atoms with Gasteiger partial charge in [0.05, 0.1) is 16.6 Å². The molecule has 1 aromatic carbocycles. The first kappa shape index (κ1) is 19.2. The predicted octanol–water partition coefficient (Wildman–Crippen LogP) is 3.96. The normalized spacial score (nSPS) is 17.1. The van der Waals surface area contributed by atoms with Crippen molar-refractivity contribution in [3.8, 4) is 11.3 Å². The minimum Gasteiger partial charge on any atom is -0.339 e. The average Bonchev–Trinajstić information content (AvgIpc) is 3.29. The Morgan fingerprint density at radius 3 is 2.82 bits per heavy atom. The standard InChI is InChI=1S/C18H17Cl2N5O2S/c1-9(2)24-7-10(5-15(24)26)16(27)21-17-22-18-25(23-17)14(8-28-18)12-4-3-11(19)6-13(12)20/h3-4,6,8-10H,5,7H2,1-2H3,(H,21,23,27). The van der Waals surface area contributed by atoms with Gasteiger partial charge >= 0.3 is 0 Å². The fraction of sp³-hybridized carbons (Fsp3) is 0.333. The lowest BCUT2D eigenvalue weighted by molar-refractivity contribution is -0.129. The molecule has 1 aliphatic rings. The van der Waals surface area contributed by atoms with Crippen molar-refractivity contribution < 1.29 is 9.59 Å². The third-order valence-corrected chi connectivity index (χ3v) is 6.04. The van der Waals surface area contributed by atoms with Crippen molar-refractivity contribution in [1.29, 1.82) is 0 Å². The summed E-state index contributed by atoms with van der Waals surface area (Å²) in [4.78, 5) is 31.3. The quantitative estimate of drug-likeness (QED) is 0.669. The molecule has 2 amide bonds. The SMILES string of the molecule is CC(C)N1CC(C(=O)Nc2nc3scc(-c4ccc(Cl)cc4Cl)n3n2)CC1=O. The van der Waals surface area contributed by atoms with Gasteiger partial charge in [-0.3, -0.25) is 14.9 Å². The van der Waals surface area contributed by atoms with Gasteiger partial charge in [0.15, 0.2) is 0 Å². The molecule has 0 aliphatic carbocycles. The van der Waals surface area contributed by atoms with Gasteiger partial charge < -0.3 is 4.90 Å². The number of benzene rings is 1. The Morgan fingerprint density at radius 2 is 2.14 bits per heavy atom. The summed E-state index contributed by atoms with van der Waals surface area (Å²) in [6, 6.07) is 5.31. The van der Waals surface area contributed by atoms with Gasteiger partial charge in [0.2, 0.25) is 22.7 Å². The summed E-state index contributed by atoms with van der Waals surface area (Å²) >= 11 is 13.7. The number of thiazole rings is 1. The molecule has 0 bridgehead atoms. The van der Waals surface area contributed by atoms with Crippen LogP contribution in [0.1, 0.15) is 20.3 Å². The number of fused-ring (bicyclic) bond motifs is 1. The zero-order chi connectivity index (χ0) is 20.0. The summed E-state index contributed by atoms with van der Waals surface area (Å²) in [6.45, 7) is 4.29. The maximum absolute atomic E-state index is 12.6. The number of halogens is 2. The molecule has 1 saturated heterocycles. The van der Waals surface area contributed by atoms with Gasteiger partial charge in [-0.1, -0.05) is 23.2 Å². The van der Waals surface area contributed by atoms with Gasteiger partial charge in [-0.15, -0.1) is 16.4 Å². The van der Waals surface area contributed by atoms with E-state index in [1.165, 1.54) is 11.3 Å². The Balaban J connectivity index is 1.55. The molecule has 0 radical (unpaired) electrons. The van der Waals surface area contributed by atoms with E-state index in [0.29, 0.717) is 21.6 Å². The lowest BCUT2D eigenvalue weighted by Crippen LogP contribution is -2.33. The lowest BCUT2D eigenvalue weighted by Gasteiger charge is -2.20. The van der Waals surface area contributed by atoms with E-state index < -0.39 is 5.92 Å². The van der Waals surface area contributed by atoms with Crippen molar-refractivity contribution in [2.24, 2.45) is 5.92 Å². The second kappa shape index (κ2) is 7.35. The van der Waals surface area contributed by atoms with E-state index in [2.05, 4.69) is 15.4 Å². The molecule has 1 N–H and O–H groups in total. The molecule has 146 valence electrons. The van der Waals surface area contributed by atoms with Crippen LogP contribution in [0.5, 0.6) is 0 Å². The molecule has 7 nitrogen and oxygen atoms in total. The number of hydrogen-bond acceptors (Lipinski definition) is 5. The number of aromatic nitrogens is 3. The molecular weight excluding hydrogens is 421 g/mol. The van der Waals surface area contributed by atoms with E-state index in [0.717, 1.165) is 11.3 Å². The number of anilines is 1. The Hall–Kier alpha value is -2.16. The molecule has 3 heterocycles. The number of amides is 2. The summed E-state index contributed by atoms with van der Waals surface area (Å²) in [5.74, 6) is -0.449. The van der Waals surface area contributed by atoms with E-state index >= 15 is 0 Å². The highest BCUT2D eigenvalue weighted by Crippen LogP contribution is 2.33. The molecule has 1 fully saturated rings. The molecule has 2 aromatic heterocycles. The number of nitrogens with zero attached hydrogens (tertiary/aromatic N) is 4. The highest BCUT2D eigenvalue weighted by molar-refractivity contribution is 7.15. The van der Waals surface area contributed by atoms with Gasteiger partial charge in [0.25, 0.3) is 0 Å². The van der Waals surface area contributed by atoms with Crippen LogP contribution in [0.2, 0.25) is 10.0 Å². The first-order chi connectivity index (χ1) is 13.3. The Kier molecular flexibility index (Phi) is 5.03. The molecule has 3 aromatic rings. The Morgan fingerprint density at radius 1 is 1.36 bits per heavy atom. The first-order valence-electron chi connectivity index (χ1n) is 8.73. The van der Waals surface area contributed by atoms with Crippen LogP contribution in [0.15, 0.2) is 23.6 Å². The number of likely N-dealkylation sites (tertiary alicyclic amines) is 1. The van der Waals surface area contributed by atoms with Crippen molar-refractivity contribution >= 4 is 57.3 Å². The van der Waals surface area contributed by atoms with Crippen LogP contribution in [-0.2, 0) is 9.59 Å². The van der Waals surface area contributed by atoms with Crippen LogP contribution in [-0.4, -0.2) is 43.9 Å². The van der Waals surface area contributed by atoms with Crippen LogP contribution in [0.3, 0.4) is 0 Å². The Bertz CT molecular complexity index is 1080. The highest BCUT2D eigenvalue weighted by Gasteiger charge is 2.35.